The summed E-state index contributed by atoms with van der Waals surface area (Å²) < 4.78 is 26.1. The number of carbonyl (C=O) groups is 1. The van der Waals surface area contributed by atoms with E-state index in [1.54, 1.807) is 24.3 Å². The fourth-order valence-electron chi connectivity index (χ4n) is 2.66. The van der Waals surface area contributed by atoms with Gasteiger partial charge >= 0.3 is 0 Å². The van der Waals surface area contributed by atoms with E-state index in [1.807, 2.05) is 31.2 Å². The van der Waals surface area contributed by atoms with Crippen molar-refractivity contribution >= 4 is 12.0 Å². The number of rotatable bonds is 5. The number of nitrogens with one attached hydrogen (secondary N) is 1. The van der Waals surface area contributed by atoms with Gasteiger partial charge in [-0.2, -0.15) is 4.39 Å². The van der Waals surface area contributed by atoms with E-state index in [-0.39, 0.29) is 17.8 Å². The molecular formula is C22H18F2N2O. The lowest BCUT2D eigenvalue weighted by atomic mass is 10.0. The second-order valence-electron chi connectivity index (χ2n) is 6.11. The molecule has 1 amide bonds. The molecule has 0 radical (unpaired) electrons. The predicted molar refractivity (Wildman–Crippen MR) is 102 cm³/mol. The van der Waals surface area contributed by atoms with Gasteiger partial charge in [0.25, 0.3) is 0 Å². The van der Waals surface area contributed by atoms with Gasteiger partial charge in [0.15, 0.2) is 0 Å². The maximum Gasteiger partial charge on any atom is 0.244 e. The van der Waals surface area contributed by atoms with E-state index in [4.69, 9.17) is 0 Å². The fourth-order valence-corrected chi connectivity index (χ4v) is 2.66. The SMILES string of the molecule is CC(NC(=O)/C=C/c1cccc(F)c1)c1cccc(-c2ccc(F)nc2)c1. The summed E-state index contributed by atoms with van der Waals surface area (Å²) in [5.41, 5.74) is 3.20. The molecule has 1 atom stereocenters. The number of amides is 1. The Hall–Kier alpha value is -3.34. The zero-order valence-electron chi connectivity index (χ0n) is 14.7. The van der Waals surface area contributed by atoms with Crippen molar-refractivity contribution in [3.8, 4) is 11.1 Å². The molecule has 0 bridgehead atoms. The molecule has 3 nitrogen and oxygen atoms in total. The van der Waals surface area contributed by atoms with Crippen molar-refractivity contribution in [1.29, 1.82) is 0 Å². The van der Waals surface area contributed by atoms with Crippen LogP contribution in [0.1, 0.15) is 24.1 Å². The maximum atomic E-state index is 13.2. The monoisotopic (exact) mass is 364 g/mol. The second kappa shape index (κ2) is 8.36. The first-order valence-corrected chi connectivity index (χ1v) is 8.47. The summed E-state index contributed by atoms with van der Waals surface area (Å²) >= 11 is 0. The fraction of sp³-hybridized carbons (Fsp3) is 0.0909. The molecule has 0 aliphatic heterocycles. The van der Waals surface area contributed by atoms with Gasteiger partial charge in [-0.15, -0.1) is 0 Å². The van der Waals surface area contributed by atoms with Crippen LogP contribution in [0.2, 0.25) is 0 Å². The number of pyridine rings is 1. The zero-order valence-corrected chi connectivity index (χ0v) is 14.7. The van der Waals surface area contributed by atoms with Gasteiger partial charge in [-0.25, -0.2) is 9.37 Å². The number of aromatic nitrogens is 1. The van der Waals surface area contributed by atoms with Crippen LogP contribution < -0.4 is 5.32 Å². The van der Waals surface area contributed by atoms with Crippen molar-refractivity contribution < 1.29 is 13.6 Å². The molecule has 0 spiro atoms. The minimum atomic E-state index is -0.527. The zero-order chi connectivity index (χ0) is 19.2. The minimum absolute atomic E-state index is 0.233. The molecule has 3 rings (SSSR count). The average Bonchev–Trinajstić information content (AvgIpc) is 2.67. The summed E-state index contributed by atoms with van der Waals surface area (Å²) in [6.45, 7) is 1.87. The molecule has 1 N–H and O–H groups in total. The Morgan fingerprint density at radius 2 is 1.85 bits per heavy atom. The first-order chi connectivity index (χ1) is 13.0. The van der Waals surface area contributed by atoms with Gasteiger partial charge in [0, 0.05) is 17.8 Å². The van der Waals surface area contributed by atoms with Crippen LogP contribution >= 0.6 is 0 Å². The molecule has 1 aromatic heterocycles. The normalized spacial score (nSPS) is 12.1. The van der Waals surface area contributed by atoms with Crippen molar-refractivity contribution in [3.63, 3.8) is 0 Å². The van der Waals surface area contributed by atoms with Gasteiger partial charge in [0.05, 0.1) is 6.04 Å². The summed E-state index contributed by atoms with van der Waals surface area (Å²) in [5, 5.41) is 2.87. The first kappa shape index (κ1) is 18.5. The summed E-state index contributed by atoms with van der Waals surface area (Å²) in [7, 11) is 0. The van der Waals surface area contributed by atoms with E-state index in [1.165, 1.54) is 30.5 Å². The Morgan fingerprint density at radius 3 is 2.59 bits per heavy atom. The molecule has 0 aliphatic rings. The number of hydrogen-bond donors (Lipinski definition) is 1. The lowest BCUT2D eigenvalue weighted by Crippen LogP contribution is -2.24. The van der Waals surface area contributed by atoms with Crippen LogP contribution in [0.25, 0.3) is 17.2 Å². The Bertz CT molecular complexity index is 968. The summed E-state index contributed by atoms with van der Waals surface area (Å²) in [4.78, 5) is 15.8. The van der Waals surface area contributed by atoms with Gasteiger partial charge in [-0.3, -0.25) is 4.79 Å². The molecule has 0 saturated carbocycles. The lowest BCUT2D eigenvalue weighted by molar-refractivity contribution is -0.117. The molecule has 136 valence electrons. The lowest BCUT2D eigenvalue weighted by Gasteiger charge is -2.14. The molecule has 0 fully saturated rings. The average molecular weight is 364 g/mol. The van der Waals surface area contributed by atoms with Crippen LogP contribution in [0.15, 0.2) is 72.9 Å². The third-order valence-electron chi connectivity index (χ3n) is 4.08. The Morgan fingerprint density at radius 1 is 1.04 bits per heavy atom. The predicted octanol–water partition coefficient (Wildman–Crippen LogP) is 4.92. The Labute approximate surface area is 156 Å². The molecule has 27 heavy (non-hydrogen) atoms. The van der Waals surface area contributed by atoms with E-state index in [0.29, 0.717) is 5.56 Å². The van der Waals surface area contributed by atoms with Crippen LogP contribution in [-0.2, 0) is 4.79 Å². The topological polar surface area (TPSA) is 42.0 Å². The van der Waals surface area contributed by atoms with Crippen LogP contribution in [0.3, 0.4) is 0 Å². The highest BCUT2D eigenvalue weighted by atomic mass is 19.1. The van der Waals surface area contributed by atoms with E-state index in [2.05, 4.69) is 10.3 Å². The van der Waals surface area contributed by atoms with E-state index >= 15 is 0 Å². The van der Waals surface area contributed by atoms with E-state index < -0.39 is 5.95 Å². The van der Waals surface area contributed by atoms with Crippen molar-refractivity contribution in [1.82, 2.24) is 10.3 Å². The molecule has 5 heteroatoms. The third kappa shape index (κ3) is 5.07. The number of halogens is 2. The summed E-state index contributed by atoms with van der Waals surface area (Å²) in [6.07, 6.45) is 4.41. The molecule has 3 aromatic rings. The molecular weight excluding hydrogens is 346 g/mol. The van der Waals surface area contributed by atoms with Gasteiger partial charge in [0.2, 0.25) is 11.9 Å². The maximum absolute atomic E-state index is 13.2. The Balaban J connectivity index is 1.68. The van der Waals surface area contributed by atoms with Crippen LogP contribution in [0.4, 0.5) is 8.78 Å². The highest BCUT2D eigenvalue weighted by Crippen LogP contribution is 2.23. The number of benzene rings is 2. The smallest absolute Gasteiger partial charge is 0.244 e. The second-order valence-corrected chi connectivity index (χ2v) is 6.11. The van der Waals surface area contributed by atoms with E-state index in [9.17, 15) is 13.6 Å². The minimum Gasteiger partial charge on any atom is -0.346 e. The first-order valence-electron chi connectivity index (χ1n) is 8.47. The quantitative estimate of drug-likeness (QED) is 0.516. The standard InChI is InChI=1S/C22H18F2N2O/c1-15(26-22(27)11-8-16-4-2-7-20(23)12-16)17-5-3-6-18(13-17)19-9-10-21(24)25-14-19/h2-15H,1H3,(H,26,27)/b11-8+. The van der Waals surface area contributed by atoms with Crippen molar-refractivity contribution in [2.75, 3.05) is 0 Å². The van der Waals surface area contributed by atoms with Gasteiger partial charge < -0.3 is 5.32 Å². The largest absolute Gasteiger partial charge is 0.346 e. The van der Waals surface area contributed by atoms with Gasteiger partial charge in [-0.05, 0) is 60.0 Å². The van der Waals surface area contributed by atoms with Crippen LogP contribution in [-0.4, -0.2) is 10.9 Å². The summed E-state index contributed by atoms with van der Waals surface area (Å²) in [5.74, 6) is -1.15. The third-order valence-corrected chi connectivity index (χ3v) is 4.08. The molecule has 2 aromatic carbocycles. The van der Waals surface area contributed by atoms with Crippen LogP contribution in [0.5, 0.6) is 0 Å². The van der Waals surface area contributed by atoms with Crippen molar-refractivity contribution in [3.05, 3.63) is 95.8 Å². The Kier molecular flexibility index (Phi) is 5.71. The highest BCUT2D eigenvalue weighted by Gasteiger charge is 2.09. The summed E-state index contributed by atoms with van der Waals surface area (Å²) in [6, 6.07) is 16.4. The van der Waals surface area contributed by atoms with Crippen LogP contribution in [0, 0.1) is 11.8 Å². The molecule has 0 saturated heterocycles. The molecule has 0 aliphatic carbocycles. The molecule has 1 unspecified atom stereocenters. The molecule has 1 heterocycles. The van der Waals surface area contributed by atoms with Gasteiger partial charge in [-0.1, -0.05) is 30.3 Å². The number of hydrogen-bond acceptors (Lipinski definition) is 2. The van der Waals surface area contributed by atoms with Crippen molar-refractivity contribution in [2.24, 2.45) is 0 Å². The van der Waals surface area contributed by atoms with Gasteiger partial charge in [0.1, 0.15) is 5.82 Å². The number of carbonyl (C=O) groups excluding carboxylic acids is 1. The number of nitrogens with zero attached hydrogens (tertiary/aromatic N) is 1. The van der Waals surface area contributed by atoms with E-state index in [0.717, 1.165) is 16.7 Å². The van der Waals surface area contributed by atoms with Crippen molar-refractivity contribution in [2.45, 2.75) is 13.0 Å². The highest BCUT2D eigenvalue weighted by molar-refractivity contribution is 5.92.